The first-order valence-corrected chi connectivity index (χ1v) is 8.62. The van der Waals surface area contributed by atoms with E-state index in [0.717, 1.165) is 40.9 Å². The number of carbonyl (C=O) groups excluding carboxylic acids is 1. The Morgan fingerprint density at radius 2 is 2.29 bits per heavy atom. The molecule has 2 aromatic heterocycles. The maximum atomic E-state index is 12.1. The number of hydrogen-bond donors (Lipinski definition) is 1. The van der Waals surface area contributed by atoms with Gasteiger partial charge in [-0.25, -0.2) is 9.97 Å². The van der Waals surface area contributed by atoms with Crippen LogP contribution in [0.5, 0.6) is 0 Å². The molecule has 0 aliphatic heterocycles. The lowest BCUT2D eigenvalue weighted by atomic mass is 10.0. The zero-order valence-corrected chi connectivity index (χ0v) is 13.0. The summed E-state index contributed by atoms with van der Waals surface area (Å²) in [5.41, 5.74) is -0.652. The molecule has 0 atom stereocenters. The summed E-state index contributed by atoms with van der Waals surface area (Å²) in [6.45, 7) is 0. The van der Waals surface area contributed by atoms with Crippen LogP contribution >= 0.6 is 23.1 Å². The fourth-order valence-electron chi connectivity index (χ4n) is 2.56. The Morgan fingerprint density at radius 1 is 1.48 bits per heavy atom. The topological polar surface area (TPSA) is 78.7 Å². The van der Waals surface area contributed by atoms with E-state index in [1.807, 2.05) is 11.4 Å². The molecule has 1 aliphatic rings. The molecule has 0 spiro atoms. The van der Waals surface area contributed by atoms with Crippen molar-refractivity contribution in [2.75, 3.05) is 5.75 Å². The molecule has 0 radical (unpaired) electrons. The van der Waals surface area contributed by atoms with Gasteiger partial charge in [-0.15, -0.1) is 11.3 Å². The number of hydrogen-bond acceptors (Lipinski definition) is 6. The summed E-state index contributed by atoms with van der Waals surface area (Å²) in [7, 11) is 0. The zero-order chi connectivity index (χ0) is 14.7. The summed E-state index contributed by atoms with van der Waals surface area (Å²) in [6.07, 6.45) is 5.03. The Bertz CT molecular complexity index is 700. The van der Waals surface area contributed by atoms with Crippen LogP contribution in [0.25, 0.3) is 10.2 Å². The van der Waals surface area contributed by atoms with E-state index in [1.165, 1.54) is 18.1 Å². The van der Waals surface area contributed by atoms with E-state index in [0.29, 0.717) is 0 Å². The molecule has 2 heterocycles. The predicted molar refractivity (Wildman–Crippen MR) is 83.1 cm³/mol. The average Bonchev–Trinajstić information content (AvgIpc) is 3.14. The predicted octanol–water partition coefficient (Wildman–Crippen LogP) is 2.74. The lowest BCUT2D eigenvalue weighted by Gasteiger charge is -2.21. The summed E-state index contributed by atoms with van der Waals surface area (Å²) < 4.78 is 0. The van der Waals surface area contributed by atoms with E-state index in [9.17, 15) is 10.1 Å². The summed E-state index contributed by atoms with van der Waals surface area (Å²) in [5, 5.41) is 15.9. The van der Waals surface area contributed by atoms with Gasteiger partial charge in [0.25, 0.3) is 0 Å². The van der Waals surface area contributed by atoms with Crippen molar-refractivity contribution in [2.24, 2.45) is 0 Å². The van der Waals surface area contributed by atoms with E-state index in [4.69, 9.17) is 0 Å². The monoisotopic (exact) mass is 318 g/mol. The van der Waals surface area contributed by atoms with Gasteiger partial charge in [-0.2, -0.15) is 5.26 Å². The largest absolute Gasteiger partial charge is 0.337 e. The molecule has 0 unspecified atom stereocenters. The molecule has 0 aromatic carbocycles. The smallest absolute Gasteiger partial charge is 0.231 e. The minimum atomic E-state index is -0.652. The number of aromatic nitrogens is 2. The van der Waals surface area contributed by atoms with Crippen LogP contribution in [0.4, 0.5) is 0 Å². The molecule has 7 heteroatoms. The molecule has 21 heavy (non-hydrogen) atoms. The van der Waals surface area contributed by atoms with Crippen LogP contribution < -0.4 is 5.32 Å². The van der Waals surface area contributed by atoms with Crippen molar-refractivity contribution in [3.05, 3.63) is 17.8 Å². The molecule has 108 valence electrons. The second-order valence-electron chi connectivity index (χ2n) is 5.06. The van der Waals surface area contributed by atoms with Gasteiger partial charge in [-0.1, -0.05) is 11.8 Å². The van der Waals surface area contributed by atoms with E-state index in [-0.39, 0.29) is 11.7 Å². The quantitative estimate of drug-likeness (QED) is 0.692. The molecule has 2 aromatic rings. The standard InChI is InChI=1S/C14H14N4OS2/c15-8-14(4-1-2-5-14)18-11(19)7-21-13-10-3-6-20-12(10)16-9-17-13/h3,6,9H,1-2,4-5,7H2,(H,18,19). The normalized spacial score (nSPS) is 16.7. The number of carbonyl (C=O) groups is 1. The van der Waals surface area contributed by atoms with E-state index in [1.54, 1.807) is 11.3 Å². The number of nitrogens with one attached hydrogen (secondary N) is 1. The Morgan fingerprint density at radius 3 is 3.05 bits per heavy atom. The van der Waals surface area contributed by atoms with Crippen LogP contribution in [0.2, 0.25) is 0 Å². The second-order valence-corrected chi connectivity index (χ2v) is 6.91. The molecule has 0 saturated heterocycles. The van der Waals surface area contributed by atoms with Crippen LogP contribution in [0.15, 0.2) is 22.8 Å². The van der Waals surface area contributed by atoms with Gasteiger partial charge in [0.15, 0.2) is 0 Å². The van der Waals surface area contributed by atoms with Crippen LogP contribution in [0.3, 0.4) is 0 Å². The lowest BCUT2D eigenvalue weighted by molar-refractivity contribution is -0.119. The fraction of sp³-hybridized carbons (Fsp3) is 0.429. The lowest BCUT2D eigenvalue weighted by Crippen LogP contribution is -2.45. The first-order valence-electron chi connectivity index (χ1n) is 6.76. The highest BCUT2D eigenvalue weighted by Gasteiger charge is 2.35. The molecule has 3 rings (SSSR count). The third-order valence-corrected chi connectivity index (χ3v) is 5.44. The van der Waals surface area contributed by atoms with Crippen molar-refractivity contribution in [3.8, 4) is 6.07 Å². The van der Waals surface area contributed by atoms with Crippen molar-refractivity contribution in [1.82, 2.24) is 15.3 Å². The molecule has 1 fully saturated rings. The number of nitrogens with zero attached hydrogens (tertiary/aromatic N) is 3. The first kappa shape index (κ1) is 14.3. The van der Waals surface area contributed by atoms with Crippen molar-refractivity contribution in [2.45, 2.75) is 36.2 Å². The van der Waals surface area contributed by atoms with Crippen molar-refractivity contribution in [3.63, 3.8) is 0 Å². The number of thioether (sulfide) groups is 1. The Balaban J connectivity index is 1.64. The molecule has 1 amide bonds. The third kappa shape index (κ3) is 3.01. The Labute approximate surface area is 130 Å². The third-order valence-electron chi connectivity index (χ3n) is 3.61. The molecule has 1 aliphatic carbocycles. The van der Waals surface area contributed by atoms with Gasteiger partial charge in [0.1, 0.15) is 21.7 Å². The fourth-order valence-corrected chi connectivity index (χ4v) is 4.14. The number of thiophene rings is 1. The Hall–Kier alpha value is -1.65. The number of nitriles is 1. The van der Waals surface area contributed by atoms with Gasteiger partial charge in [0.2, 0.25) is 5.91 Å². The average molecular weight is 318 g/mol. The summed E-state index contributed by atoms with van der Waals surface area (Å²) in [4.78, 5) is 21.4. The number of amides is 1. The molecule has 1 N–H and O–H groups in total. The Kier molecular flexibility index (Phi) is 4.08. The number of fused-ring (bicyclic) bond motifs is 1. The van der Waals surface area contributed by atoms with Gasteiger partial charge in [-0.3, -0.25) is 4.79 Å². The van der Waals surface area contributed by atoms with Gasteiger partial charge < -0.3 is 5.32 Å². The van der Waals surface area contributed by atoms with Crippen molar-refractivity contribution in [1.29, 1.82) is 5.26 Å². The highest BCUT2D eigenvalue weighted by molar-refractivity contribution is 8.00. The van der Waals surface area contributed by atoms with Crippen molar-refractivity contribution >= 4 is 39.2 Å². The maximum absolute atomic E-state index is 12.1. The van der Waals surface area contributed by atoms with Crippen LogP contribution in [0, 0.1) is 11.3 Å². The SMILES string of the molecule is N#CC1(NC(=O)CSc2ncnc3sccc23)CCCC1. The van der Waals surface area contributed by atoms with E-state index < -0.39 is 5.54 Å². The molecular weight excluding hydrogens is 304 g/mol. The van der Waals surface area contributed by atoms with Gasteiger partial charge in [0, 0.05) is 5.39 Å². The van der Waals surface area contributed by atoms with Crippen LogP contribution in [-0.4, -0.2) is 27.2 Å². The van der Waals surface area contributed by atoms with Gasteiger partial charge in [-0.05, 0) is 37.1 Å². The van der Waals surface area contributed by atoms with Crippen molar-refractivity contribution < 1.29 is 4.79 Å². The summed E-state index contributed by atoms with van der Waals surface area (Å²) in [6, 6.07) is 4.23. The summed E-state index contributed by atoms with van der Waals surface area (Å²) in [5.74, 6) is 0.163. The maximum Gasteiger partial charge on any atom is 0.231 e. The molecule has 5 nitrogen and oxygen atoms in total. The first-order chi connectivity index (χ1) is 10.2. The van der Waals surface area contributed by atoms with E-state index in [2.05, 4.69) is 21.4 Å². The van der Waals surface area contributed by atoms with Gasteiger partial charge >= 0.3 is 0 Å². The minimum absolute atomic E-state index is 0.106. The molecule has 1 saturated carbocycles. The molecular formula is C14H14N4OS2. The number of rotatable bonds is 4. The van der Waals surface area contributed by atoms with E-state index >= 15 is 0 Å². The highest BCUT2D eigenvalue weighted by atomic mass is 32.2. The van der Waals surface area contributed by atoms with Crippen LogP contribution in [0.1, 0.15) is 25.7 Å². The summed E-state index contributed by atoms with van der Waals surface area (Å²) >= 11 is 2.95. The van der Waals surface area contributed by atoms with Gasteiger partial charge in [0.05, 0.1) is 11.8 Å². The minimum Gasteiger partial charge on any atom is -0.337 e. The molecule has 0 bridgehead atoms. The van der Waals surface area contributed by atoms with Crippen LogP contribution in [-0.2, 0) is 4.79 Å². The highest BCUT2D eigenvalue weighted by Crippen LogP contribution is 2.30. The zero-order valence-electron chi connectivity index (χ0n) is 11.3. The second kappa shape index (κ2) is 6.00.